The Morgan fingerprint density at radius 1 is 0.767 bits per heavy atom. The summed E-state index contributed by atoms with van der Waals surface area (Å²) in [6.45, 7) is 11.3. The average Bonchev–Trinajstić information content (AvgIpc) is 2.72. The third-order valence-corrected chi connectivity index (χ3v) is 3.76. The fourth-order valence-electron chi connectivity index (χ4n) is 2.34. The first-order valence-corrected chi connectivity index (χ1v) is 9.68. The third-order valence-electron chi connectivity index (χ3n) is 3.76. The Morgan fingerprint density at radius 3 is 1.73 bits per heavy atom. The molecule has 0 aromatic heterocycles. The van der Waals surface area contributed by atoms with Gasteiger partial charge in [0.15, 0.2) is 0 Å². The van der Waals surface area contributed by atoms with Crippen molar-refractivity contribution in [3.8, 4) is 0 Å². The van der Waals surface area contributed by atoms with Crippen LogP contribution >= 0.6 is 0 Å². The summed E-state index contributed by atoms with van der Waals surface area (Å²) in [6.07, 6.45) is 2.49. The molecule has 10 nitrogen and oxygen atoms in total. The lowest BCUT2D eigenvalue weighted by Crippen LogP contribution is -2.31. The first-order chi connectivity index (χ1) is 14.3. The zero-order valence-corrected chi connectivity index (χ0v) is 17.6. The van der Waals surface area contributed by atoms with Gasteiger partial charge in [-0.1, -0.05) is 27.0 Å². The largest absolute Gasteiger partial charge is 0.459 e. The number of alkyl carbamates (subject to hydrolysis) is 2. The highest BCUT2D eigenvalue weighted by Gasteiger charge is 2.12. The molecule has 0 bridgehead atoms. The predicted octanol–water partition coefficient (Wildman–Crippen LogP) is 1.95. The van der Waals surface area contributed by atoms with Crippen molar-refractivity contribution < 1.29 is 38.1 Å². The van der Waals surface area contributed by atoms with Gasteiger partial charge in [0.25, 0.3) is 0 Å². The molecule has 0 aromatic rings. The van der Waals surface area contributed by atoms with E-state index >= 15 is 0 Å². The second-order valence-corrected chi connectivity index (χ2v) is 6.56. The Balaban J connectivity index is 3.74. The Morgan fingerprint density at radius 2 is 1.23 bits per heavy atom. The molecule has 0 aliphatic rings. The van der Waals surface area contributed by atoms with Crippen molar-refractivity contribution in [1.82, 2.24) is 10.6 Å². The Labute approximate surface area is 176 Å². The molecule has 30 heavy (non-hydrogen) atoms. The molecule has 0 rings (SSSR count). The summed E-state index contributed by atoms with van der Waals surface area (Å²) in [5.41, 5.74) is 0. The van der Waals surface area contributed by atoms with Crippen molar-refractivity contribution in [3.63, 3.8) is 0 Å². The van der Waals surface area contributed by atoms with Gasteiger partial charge in [-0.05, 0) is 24.7 Å². The van der Waals surface area contributed by atoms with Crippen LogP contribution in [0.25, 0.3) is 0 Å². The summed E-state index contributed by atoms with van der Waals surface area (Å²) in [6, 6.07) is 0. The number of carbonyl (C=O) groups excluding carboxylic acids is 4. The smallest absolute Gasteiger partial charge is 0.407 e. The Kier molecular flexibility index (Phi) is 15.2. The molecule has 0 saturated heterocycles. The van der Waals surface area contributed by atoms with Crippen LogP contribution in [0.1, 0.15) is 26.7 Å². The number of hydrogen-bond donors (Lipinski definition) is 2. The predicted molar refractivity (Wildman–Crippen MR) is 109 cm³/mol. The van der Waals surface area contributed by atoms with E-state index in [2.05, 4.69) is 28.5 Å². The molecular weight excluding hydrogens is 396 g/mol. The minimum atomic E-state index is -0.577. The molecule has 0 aromatic carbocycles. The van der Waals surface area contributed by atoms with Crippen molar-refractivity contribution in [2.45, 2.75) is 26.7 Å². The summed E-state index contributed by atoms with van der Waals surface area (Å²) in [4.78, 5) is 44.7. The molecule has 170 valence electrons. The number of carbonyl (C=O) groups is 4. The number of hydrogen-bond acceptors (Lipinski definition) is 8. The zero-order chi connectivity index (χ0) is 22.8. The quantitative estimate of drug-likeness (QED) is 0.175. The SMILES string of the molecule is C=CC(=O)OCCOC(=O)NCCC(C)CC(C)CNC(=O)OCCOC(=O)C=C. The molecule has 2 amide bonds. The molecule has 2 unspecified atom stereocenters. The lowest BCUT2D eigenvalue weighted by molar-refractivity contribution is -0.139. The highest BCUT2D eigenvalue weighted by atomic mass is 16.6. The van der Waals surface area contributed by atoms with Crippen LogP contribution in [0.15, 0.2) is 25.3 Å². The van der Waals surface area contributed by atoms with E-state index in [-0.39, 0.29) is 32.3 Å². The fraction of sp³-hybridized carbons (Fsp3) is 0.600. The van der Waals surface area contributed by atoms with E-state index in [9.17, 15) is 19.2 Å². The van der Waals surface area contributed by atoms with Gasteiger partial charge in [-0.2, -0.15) is 0 Å². The highest BCUT2D eigenvalue weighted by Crippen LogP contribution is 2.14. The highest BCUT2D eigenvalue weighted by molar-refractivity contribution is 5.81. The summed E-state index contributed by atoms with van der Waals surface area (Å²) < 4.78 is 19.1. The first kappa shape index (κ1) is 27.0. The van der Waals surface area contributed by atoms with Crippen molar-refractivity contribution in [1.29, 1.82) is 0 Å². The zero-order valence-electron chi connectivity index (χ0n) is 17.6. The van der Waals surface area contributed by atoms with Crippen LogP contribution in [-0.2, 0) is 28.5 Å². The van der Waals surface area contributed by atoms with Gasteiger partial charge in [-0.15, -0.1) is 0 Å². The minimum absolute atomic E-state index is 0.0262. The van der Waals surface area contributed by atoms with Gasteiger partial charge in [0.1, 0.15) is 26.4 Å². The van der Waals surface area contributed by atoms with Crippen molar-refractivity contribution in [3.05, 3.63) is 25.3 Å². The second-order valence-electron chi connectivity index (χ2n) is 6.56. The molecule has 2 atom stereocenters. The van der Waals surface area contributed by atoms with E-state index < -0.39 is 24.1 Å². The molecule has 2 N–H and O–H groups in total. The van der Waals surface area contributed by atoms with E-state index in [1.54, 1.807) is 0 Å². The Hall–Kier alpha value is -3.04. The minimum Gasteiger partial charge on any atom is -0.459 e. The third kappa shape index (κ3) is 16.0. The monoisotopic (exact) mass is 428 g/mol. The second kappa shape index (κ2) is 16.9. The molecule has 0 aliphatic carbocycles. The van der Waals surface area contributed by atoms with Crippen molar-refractivity contribution in [2.24, 2.45) is 11.8 Å². The van der Waals surface area contributed by atoms with Gasteiger partial charge in [-0.25, -0.2) is 19.2 Å². The van der Waals surface area contributed by atoms with E-state index in [1.165, 1.54) is 0 Å². The number of rotatable bonds is 15. The van der Waals surface area contributed by atoms with Crippen molar-refractivity contribution >= 4 is 24.1 Å². The fourth-order valence-corrected chi connectivity index (χ4v) is 2.34. The normalized spacial score (nSPS) is 11.9. The summed E-state index contributed by atoms with van der Waals surface area (Å²) in [7, 11) is 0. The number of nitrogens with one attached hydrogen (secondary N) is 2. The number of esters is 2. The standard InChI is InChI=1S/C20H32N2O8/c1-5-17(23)27-9-11-29-19(25)21-8-7-15(3)13-16(4)14-22-20(26)30-12-10-28-18(24)6-2/h5-6,15-16H,1-2,7-14H2,3-4H3,(H,21,25)(H,22,26). The van der Waals surface area contributed by atoms with Gasteiger partial charge in [0, 0.05) is 25.2 Å². The first-order valence-electron chi connectivity index (χ1n) is 9.68. The summed E-state index contributed by atoms with van der Waals surface area (Å²) in [5, 5.41) is 5.28. The maximum atomic E-state index is 11.6. The average molecular weight is 428 g/mol. The molecular formula is C20H32N2O8. The molecule has 10 heteroatoms. The van der Waals surface area contributed by atoms with E-state index in [0.717, 1.165) is 25.0 Å². The van der Waals surface area contributed by atoms with E-state index in [4.69, 9.17) is 14.2 Å². The van der Waals surface area contributed by atoms with E-state index in [0.29, 0.717) is 19.0 Å². The Bertz CT molecular complexity index is 579. The molecule has 0 aliphatic heterocycles. The maximum Gasteiger partial charge on any atom is 0.407 e. The van der Waals surface area contributed by atoms with Crippen LogP contribution in [0.5, 0.6) is 0 Å². The van der Waals surface area contributed by atoms with Gasteiger partial charge in [0.05, 0.1) is 0 Å². The van der Waals surface area contributed by atoms with Gasteiger partial charge < -0.3 is 29.6 Å². The lowest BCUT2D eigenvalue weighted by atomic mass is 9.95. The van der Waals surface area contributed by atoms with Gasteiger partial charge >= 0.3 is 24.1 Å². The van der Waals surface area contributed by atoms with Crippen LogP contribution in [0.2, 0.25) is 0 Å². The molecule has 0 saturated carbocycles. The van der Waals surface area contributed by atoms with Crippen LogP contribution in [0.4, 0.5) is 9.59 Å². The topological polar surface area (TPSA) is 129 Å². The van der Waals surface area contributed by atoms with Gasteiger partial charge in [-0.3, -0.25) is 0 Å². The van der Waals surface area contributed by atoms with Crippen LogP contribution in [-0.4, -0.2) is 63.6 Å². The van der Waals surface area contributed by atoms with E-state index in [1.807, 2.05) is 13.8 Å². The molecule has 0 radical (unpaired) electrons. The maximum absolute atomic E-state index is 11.6. The lowest BCUT2D eigenvalue weighted by Gasteiger charge is -2.18. The van der Waals surface area contributed by atoms with Crippen LogP contribution in [0, 0.1) is 11.8 Å². The van der Waals surface area contributed by atoms with Crippen molar-refractivity contribution in [2.75, 3.05) is 39.5 Å². The number of ether oxygens (including phenoxy) is 4. The number of amides is 2. The van der Waals surface area contributed by atoms with Crippen LogP contribution < -0.4 is 10.6 Å². The van der Waals surface area contributed by atoms with Crippen LogP contribution in [0.3, 0.4) is 0 Å². The molecule has 0 heterocycles. The van der Waals surface area contributed by atoms with Gasteiger partial charge in [0.2, 0.25) is 0 Å². The summed E-state index contributed by atoms with van der Waals surface area (Å²) >= 11 is 0. The molecule has 0 spiro atoms. The molecule has 0 fully saturated rings. The summed E-state index contributed by atoms with van der Waals surface area (Å²) in [5.74, 6) is -0.625.